The van der Waals surface area contributed by atoms with E-state index in [1.807, 2.05) is 5.38 Å². The highest BCUT2D eigenvalue weighted by atomic mass is 32.2. The number of nitrogens with zero attached hydrogens (tertiary/aromatic N) is 1. The molecule has 1 aromatic carbocycles. The number of thiazole rings is 1. The van der Waals surface area contributed by atoms with Crippen molar-refractivity contribution in [2.24, 2.45) is 0 Å². The van der Waals surface area contributed by atoms with E-state index in [9.17, 15) is 9.18 Å². The van der Waals surface area contributed by atoms with E-state index < -0.39 is 0 Å². The van der Waals surface area contributed by atoms with Crippen molar-refractivity contribution in [1.82, 2.24) is 4.98 Å². The molecule has 2 rings (SSSR count). The fraction of sp³-hybridized carbons (Fsp3) is 0.333. The van der Waals surface area contributed by atoms with Gasteiger partial charge in [-0.15, -0.1) is 23.1 Å². The molecule has 1 aromatic heterocycles. The second kappa shape index (κ2) is 6.58. The summed E-state index contributed by atoms with van der Waals surface area (Å²) in [4.78, 5) is 17.2. The van der Waals surface area contributed by atoms with Crippen molar-refractivity contribution in [2.45, 2.75) is 31.1 Å². The van der Waals surface area contributed by atoms with Crippen molar-refractivity contribution in [2.75, 3.05) is 11.1 Å². The molecule has 0 saturated carbocycles. The van der Waals surface area contributed by atoms with E-state index >= 15 is 0 Å². The molecule has 0 aliphatic heterocycles. The molecule has 1 amide bonds. The number of rotatable bonds is 4. The van der Waals surface area contributed by atoms with Crippen LogP contribution in [0.4, 0.5) is 9.52 Å². The molecule has 0 fully saturated rings. The van der Waals surface area contributed by atoms with Gasteiger partial charge in [0.2, 0.25) is 5.91 Å². The summed E-state index contributed by atoms with van der Waals surface area (Å²) in [6, 6.07) is 6.09. The van der Waals surface area contributed by atoms with Crippen LogP contribution in [0.5, 0.6) is 0 Å². The number of halogens is 1. The molecule has 0 unspecified atom stereocenters. The van der Waals surface area contributed by atoms with E-state index in [1.165, 1.54) is 35.2 Å². The number of carbonyl (C=O) groups excluding carboxylic acids is 1. The Bertz CT molecular complexity index is 617. The van der Waals surface area contributed by atoms with Crippen LogP contribution in [0.3, 0.4) is 0 Å². The maximum atomic E-state index is 12.8. The van der Waals surface area contributed by atoms with Gasteiger partial charge in [0.1, 0.15) is 5.82 Å². The van der Waals surface area contributed by atoms with Gasteiger partial charge < -0.3 is 5.32 Å². The lowest BCUT2D eigenvalue weighted by atomic mass is 9.93. The van der Waals surface area contributed by atoms with Gasteiger partial charge in [-0.25, -0.2) is 9.37 Å². The molecule has 112 valence electrons. The first kappa shape index (κ1) is 16.0. The Morgan fingerprint density at radius 1 is 1.33 bits per heavy atom. The fourth-order valence-electron chi connectivity index (χ4n) is 1.51. The molecule has 0 aliphatic carbocycles. The van der Waals surface area contributed by atoms with Crippen molar-refractivity contribution < 1.29 is 9.18 Å². The van der Waals surface area contributed by atoms with Crippen molar-refractivity contribution in [3.8, 4) is 0 Å². The largest absolute Gasteiger partial charge is 0.301 e. The summed E-state index contributed by atoms with van der Waals surface area (Å²) in [7, 11) is 0. The van der Waals surface area contributed by atoms with E-state index in [-0.39, 0.29) is 22.9 Å². The summed E-state index contributed by atoms with van der Waals surface area (Å²) in [5.74, 6) is -0.115. The Morgan fingerprint density at radius 3 is 2.57 bits per heavy atom. The van der Waals surface area contributed by atoms with Crippen LogP contribution in [0.15, 0.2) is 34.5 Å². The van der Waals surface area contributed by atoms with E-state index in [0.717, 1.165) is 10.6 Å². The van der Waals surface area contributed by atoms with Crippen LogP contribution >= 0.6 is 23.1 Å². The van der Waals surface area contributed by atoms with Crippen LogP contribution in [-0.4, -0.2) is 16.6 Å². The molecule has 2 aromatic rings. The highest BCUT2D eigenvalue weighted by Gasteiger charge is 2.18. The van der Waals surface area contributed by atoms with E-state index in [1.54, 1.807) is 12.1 Å². The van der Waals surface area contributed by atoms with E-state index in [4.69, 9.17) is 0 Å². The molecule has 0 spiro atoms. The van der Waals surface area contributed by atoms with Gasteiger partial charge in [0.15, 0.2) is 5.13 Å². The molecule has 0 aliphatic rings. The molecule has 0 atom stereocenters. The Morgan fingerprint density at radius 2 is 2.00 bits per heavy atom. The van der Waals surface area contributed by atoms with Gasteiger partial charge in [0, 0.05) is 15.7 Å². The number of hydrogen-bond donors (Lipinski definition) is 1. The first-order chi connectivity index (χ1) is 9.84. The number of thioether (sulfide) groups is 1. The number of benzene rings is 1. The van der Waals surface area contributed by atoms with Gasteiger partial charge >= 0.3 is 0 Å². The molecular weight excluding hydrogens is 307 g/mol. The summed E-state index contributed by atoms with van der Waals surface area (Å²) < 4.78 is 12.8. The van der Waals surface area contributed by atoms with Crippen molar-refractivity contribution in [1.29, 1.82) is 0 Å². The zero-order chi connectivity index (χ0) is 15.5. The number of hydrogen-bond acceptors (Lipinski definition) is 4. The Balaban J connectivity index is 1.87. The Labute approximate surface area is 132 Å². The normalized spacial score (nSPS) is 11.4. The van der Waals surface area contributed by atoms with E-state index in [2.05, 4.69) is 31.1 Å². The van der Waals surface area contributed by atoms with Crippen LogP contribution < -0.4 is 5.32 Å². The number of amides is 1. The minimum Gasteiger partial charge on any atom is -0.301 e. The predicted octanol–water partition coefficient (Wildman–Crippen LogP) is 4.31. The lowest BCUT2D eigenvalue weighted by Gasteiger charge is -2.14. The van der Waals surface area contributed by atoms with E-state index in [0.29, 0.717) is 5.13 Å². The smallest absolute Gasteiger partial charge is 0.236 e. The van der Waals surface area contributed by atoms with Gasteiger partial charge in [-0.05, 0) is 24.3 Å². The topological polar surface area (TPSA) is 42.0 Å². The summed E-state index contributed by atoms with van der Waals surface area (Å²) in [6.45, 7) is 6.24. The average molecular weight is 324 g/mol. The number of aromatic nitrogens is 1. The third kappa shape index (κ3) is 4.82. The minimum atomic E-state index is -0.277. The summed E-state index contributed by atoms with van der Waals surface area (Å²) in [5.41, 5.74) is 0.941. The lowest BCUT2D eigenvalue weighted by molar-refractivity contribution is -0.113. The molecule has 0 saturated heterocycles. The highest BCUT2D eigenvalue weighted by Crippen LogP contribution is 2.26. The lowest BCUT2D eigenvalue weighted by Crippen LogP contribution is -2.15. The quantitative estimate of drug-likeness (QED) is 0.852. The molecule has 0 bridgehead atoms. The van der Waals surface area contributed by atoms with Crippen LogP contribution in [-0.2, 0) is 10.2 Å². The van der Waals surface area contributed by atoms with Gasteiger partial charge in [-0.2, -0.15) is 0 Å². The molecule has 3 nitrogen and oxygen atoms in total. The van der Waals surface area contributed by atoms with Crippen LogP contribution in [0.25, 0.3) is 0 Å². The summed E-state index contributed by atoms with van der Waals surface area (Å²) in [5, 5.41) is 5.37. The second-order valence-corrected chi connectivity index (χ2v) is 7.49. The fourth-order valence-corrected chi connectivity index (χ4v) is 3.16. The first-order valence-electron chi connectivity index (χ1n) is 6.49. The maximum Gasteiger partial charge on any atom is 0.236 e. The van der Waals surface area contributed by atoms with Gasteiger partial charge in [0.25, 0.3) is 0 Å². The average Bonchev–Trinajstić information content (AvgIpc) is 2.86. The second-order valence-electron chi connectivity index (χ2n) is 5.58. The van der Waals surface area contributed by atoms with Crippen molar-refractivity contribution >= 4 is 34.1 Å². The zero-order valence-corrected chi connectivity index (χ0v) is 13.8. The van der Waals surface area contributed by atoms with Crippen LogP contribution in [0.1, 0.15) is 26.5 Å². The molecule has 1 N–H and O–H groups in total. The number of nitrogens with one attached hydrogen (secondary N) is 1. The first-order valence-corrected chi connectivity index (χ1v) is 8.35. The van der Waals surface area contributed by atoms with Gasteiger partial charge in [0.05, 0.1) is 11.4 Å². The maximum absolute atomic E-state index is 12.8. The standard InChI is InChI=1S/C15H17FN2OS2/c1-15(2,3)12-8-21-14(17-12)18-13(19)9-20-11-6-4-10(16)5-7-11/h4-8H,9H2,1-3H3,(H,17,18,19). The molecule has 6 heteroatoms. The predicted molar refractivity (Wildman–Crippen MR) is 86.6 cm³/mol. The molecular formula is C15H17FN2OS2. The van der Waals surface area contributed by atoms with Crippen LogP contribution in [0.2, 0.25) is 0 Å². The third-order valence-corrected chi connectivity index (χ3v) is 4.47. The van der Waals surface area contributed by atoms with Crippen molar-refractivity contribution in [3.63, 3.8) is 0 Å². The highest BCUT2D eigenvalue weighted by molar-refractivity contribution is 8.00. The minimum absolute atomic E-state index is 0.0255. The summed E-state index contributed by atoms with van der Waals surface area (Å²) >= 11 is 2.79. The van der Waals surface area contributed by atoms with Crippen molar-refractivity contribution in [3.05, 3.63) is 41.2 Å². The van der Waals surface area contributed by atoms with Crippen LogP contribution in [0, 0.1) is 5.82 Å². The Hall–Kier alpha value is -1.40. The molecule has 21 heavy (non-hydrogen) atoms. The summed E-state index contributed by atoms with van der Waals surface area (Å²) in [6.07, 6.45) is 0. The monoisotopic (exact) mass is 324 g/mol. The molecule has 1 heterocycles. The number of carbonyl (C=O) groups is 1. The van der Waals surface area contributed by atoms with Gasteiger partial charge in [-0.3, -0.25) is 4.79 Å². The SMILES string of the molecule is CC(C)(C)c1csc(NC(=O)CSc2ccc(F)cc2)n1. The Kier molecular flexibility index (Phi) is 5.00. The number of anilines is 1. The molecule has 0 radical (unpaired) electrons. The van der Waals surface area contributed by atoms with Gasteiger partial charge in [-0.1, -0.05) is 20.8 Å². The third-order valence-electron chi connectivity index (χ3n) is 2.70. The zero-order valence-electron chi connectivity index (χ0n) is 12.1.